The number of methoxy groups -OCH3 is 1. The molecule has 1 aromatic carbocycles. The molecule has 0 aliphatic rings. The molecule has 0 atom stereocenters. The fourth-order valence-corrected chi connectivity index (χ4v) is 1.90. The maximum Gasteiger partial charge on any atom is 0.276 e. The largest absolute Gasteiger partial charge is 0.497 e. The zero-order valence-corrected chi connectivity index (χ0v) is 11.6. The highest BCUT2D eigenvalue weighted by molar-refractivity contribution is 5.52. The molecule has 0 spiro atoms. The van der Waals surface area contributed by atoms with Gasteiger partial charge in [-0.25, -0.2) is 4.98 Å². The van der Waals surface area contributed by atoms with Crippen molar-refractivity contribution >= 4 is 17.3 Å². The van der Waals surface area contributed by atoms with Crippen molar-refractivity contribution < 1.29 is 9.66 Å². The lowest BCUT2D eigenvalue weighted by Gasteiger charge is -2.07. The van der Waals surface area contributed by atoms with Gasteiger partial charge >= 0.3 is 0 Å². The summed E-state index contributed by atoms with van der Waals surface area (Å²) >= 11 is 0. The van der Waals surface area contributed by atoms with Crippen LogP contribution in [0.4, 0.5) is 17.3 Å². The Labute approximate surface area is 121 Å². The Morgan fingerprint density at radius 2 is 2.19 bits per heavy atom. The van der Waals surface area contributed by atoms with E-state index < -0.39 is 4.92 Å². The third-order valence-electron chi connectivity index (χ3n) is 2.89. The van der Waals surface area contributed by atoms with E-state index in [4.69, 9.17) is 10.5 Å². The van der Waals surface area contributed by atoms with E-state index >= 15 is 0 Å². The number of pyridine rings is 1. The van der Waals surface area contributed by atoms with Crippen LogP contribution in [0.15, 0.2) is 36.4 Å². The van der Waals surface area contributed by atoms with Crippen molar-refractivity contribution in [1.82, 2.24) is 4.98 Å². The lowest BCUT2D eigenvalue weighted by Crippen LogP contribution is -2.08. The van der Waals surface area contributed by atoms with Crippen LogP contribution in [0.25, 0.3) is 0 Å². The SMILES string of the molecule is COc1cccc(CCNc2cc([N+](=O)[O-])cc(N)n2)c1. The number of nitrogen functional groups attached to an aromatic ring is 1. The highest BCUT2D eigenvalue weighted by Gasteiger charge is 2.09. The zero-order chi connectivity index (χ0) is 15.2. The van der Waals surface area contributed by atoms with Crippen molar-refractivity contribution in [3.63, 3.8) is 0 Å². The van der Waals surface area contributed by atoms with Crippen LogP contribution >= 0.6 is 0 Å². The topological polar surface area (TPSA) is 103 Å². The van der Waals surface area contributed by atoms with E-state index in [-0.39, 0.29) is 11.5 Å². The molecule has 0 saturated heterocycles. The van der Waals surface area contributed by atoms with Gasteiger partial charge in [0.05, 0.1) is 24.2 Å². The smallest absolute Gasteiger partial charge is 0.276 e. The number of nitrogens with two attached hydrogens (primary N) is 1. The van der Waals surface area contributed by atoms with Gasteiger partial charge in [-0.05, 0) is 24.1 Å². The zero-order valence-electron chi connectivity index (χ0n) is 11.6. The van der Waals surface area contributed by atoms with Crippen molar-refractivity contribution in [2.45, 2.75) is 6.42 Å². The quantitative estimate of drug-likeness (QED) is 0.624. The van der Waals surface area contributed by atoms with Crippen LogP contribution in [-0.4, -0.2) is 23.6 Å². The molecule has 2 rings (SSSR count). The average Bonchev–Trinajstić information content (AvgIpc) is 2.47. The predicted octanol–water partition coefficient (Wildman–Crippen LogP) is 2.24. The molecule has 0 unspecified atom stereocenters. The number of hydrogen-bond donors (Lipinski definition) is 2. The van der Waals surface area contributed by atoms with Crippen molar-refractivity contribution in [3.8, 4) is 5.75 Å². The molecule has 7 heteroatoms. The van der Waals surface area contributed by atoms with Gasteiger partial charge in [0.15, 0.2) is 0 Å². The number of rotatable bonds is 6. The molecule has 0 fully saturated rings. The van der Waals surface area contributed by atoms with E-state index in [2.05, 4.69) is 10.3 Å². The molecule has 3 N–H and O–H groups in total. The normalized spacial score (nSPS) is 10.1. The van der Waals surface area contributed by atoms with E-state index in [1.807, 2.05) is 24.3 Å². The lowest BCUT2D eigenvalue weighted by molar-refractivity contribution is -0.384. The van der Waals surface area contributed by atoms with Gasteiger partial charge in [-0.1, -0.05) is 12.1 Å². The minimum atomic E-state index is -0.495. The standard InChI is InChI=1S/C14H16N4O3/c1-21-12-4-2-3-10(7-12)5-6-16-14-9-11(18(19)20)8-13(15)17-14/h2-4,7-9H,5-6H2,1H3,(H3,15,16,17). The highest BCUT2D eigenvalue weighted by Crippen LogP contribution is 2.19. The number of nitrogens with zero attached hydrogens (tertiary/aromatic N) is 2. The molecule has 0 aliphatic carbocycles. The number of aromatic nitrogens is 1. The van der Waals surface area contributed by atoms with Crippen molar-refractivity contribution in [2.24, 2.45) is 0 Å². The Kier molecular flexibility index (Phi) is 4.55. The molecular formula is C14H16N4O3. The molecule has 0 saturated carbocycles. The van der Waals surface area contributed by atoms with Gasteiger partial charge in [-0.3, -0.25) is 10.1 Å². The maximum absolute atomic E-state index is 10.8. The molecule has 110 valence electrons. The summed E-state index contributed by atoms with van der Waals surface area (Å²) in [6, 6.07) is 10.3. The van der Waals surface area contributed by atoms with E-state index in [9.17, 15) is 10.1 Å². The van der Waals surface area contributed by atoms with Gasteiger partial charge in [0, 0.05) is 6.54 Å². The Hall–Kier alpha value is -2.83. The summed E-state index contributed by atoms with van der Waals surface area (Å²) in [4.78, 5) is 14.3. The number of anilines is 2. The maximum atomic E-state index is 10.8. The van der Waals surface area contributed by atoms with Crippen LogP contribution in [0.1, 0.15) is 5.56 Å². The van der Waals surface area contributed by atoms with Gasteiger partial charge in [-0.15, -0.1) is 0 Å². The molecule has 0 radical (unpaired) electrons. The molecule has 1 heterocycles. The van der Waals surface area contributed by atoms with E-state index in [1.54, 1.807) is 7.11 Å². The second kappa shape index (κ2) is 6.56. The van der Waals surface area contributed by atoms with Gasteiger partial charge < -0.3 is 15.8 Å². The first-order valence-electron chi connectivity index (χ1n) is 6.37. The minimum Gasteiger partial charge on any atom is -0.497 e. The van der Waals surface area contributed by atoms with Crippen LogP contribution in [0, 0.1) is 10.1 Å². The van der Waals surface area contributed by atoms with Gasteiger partial charge in [0.1, 0.15) is 17.4 Å². The second-order valence-corrected chi connectivity index (χ2v) is 4.42. The van der Waals surface area contributed by atoms with Crippen LogP contribution in [-0.2, 0) is 6.42 Å². The third-order valence-corrected chi connectivity index (χ3v) is 2.89. The van der Waals surface area contributed by atoms with Crippen LogP contribution in [0.3, 0.4) is 0 Å². The number of ether oxygens (including phenoxy) is 1. The van der Waals surface area contributed by atoms with Crippen molar-refractivity contribution in [2.75, 3.05) is 24.7 Å². The molecular weight excluding hydrogens is 272 g/mol. The second-order valence-electron chi connectivity index (χ2n) is 4.42. The summed E-state index contributed by atoms with van der Waals surface area (Å²) in [5.41, 5.74) is 6.57. The van der Waals surface area contributed by atoms with Gasteiger partial charge in [0.25, 0.3) is 5.69 Å². The summed E-state index contributed by atoms with van der Waals surface area (Å²) in [6.45, 7) is 0.584. The van der Waals surface area contributed by atoms with Crippen molar-refractivity contribution in [1.29, 1.82) is 0 Å². The van der Waals surface area contributed by atoms with E-state index in [0.29, 0.717) is 12.4 Å². The monoisotopic (exact) mass is 288 g/mol. The lowest BCUT2D eigenvalue weighted by atomic mass is 10.1. The van der Waals surface area contributed by atoms with Gasteiger partial charge in [0.2, 0.25) is 0 Å². The molecule has 21 heavy (non-hydrogen) atoms. The van der Waals surface area contributed by atoms with Crippen LogP contribution in [0.2, 0.25) is 0 Å². The highest BCUT2D eigenvalue weighted by atomic mass is 16.6. The average molecular weight is 288 g/mol. The molecule has 0 bridgehead atoms. The number of nitro groups is 1. The Morgan fingerprint density at radius 3 is 2.90 bits per heavy atom. The molecule has 0 aliphatic heterocycles. The summed E-state index contributed by atoms with van der Waals surface area (Å²) in [6.07, 6.45) is 0.738. The summed E-state index contributed by atoms with van der Waals surface area (Å²) in [7, 11) is 1.62. The minimum absolute atomic E-state index is 0.0774. The van der Waals surface area contributed by atoms with Crippen LogP contribution in [0.5, 0.6) is 5.75 Å². The molecule has 0 amide bonds. The first-order chi connectivity index (χ1) is 10.1. The van der Waals surface area contributed by atoms with Gasteiger partial charge in [-0.2, -0.15) is 0 Å². The van der Waals surface area contributed by atoms with E-state index in [1.165, 1.54) is 12.1 Å². The number of hydrogen-bond acceptors (Lipinski definition) is 6. The fourth-order valence-electron chi connectivity index (χ4n) is 1.90. The number of benzene rings is 1. The number of nitrogens with one attached hydrogen (secondary N) is 1. The summed E-state index contributed by atoms with van der Waals surface area (Å²) in [5.74, 6) is 1.31. The Bertz CT molecular complexity index is 646. The molecule has 1 aromatic heterocycles. The summed E-state index contributed by atoms with van der Waals surface area (Å²) in [5, 5.41) is 13.8. The Morgan fingerprint density at radius 1 is 1.38 bits per heavy atom. The fraction of sp³-hybridized carbons (Fsp3) is 0.214. The van der Waals surface area contributed by atoms with E-state index in [0.717, 1.165) is 17.7 Å². The summed E-state index contributed by atoms with van der Waals surface area (Å²) < 4.78 is 5.15. The van der Waals surface area contributed by atoms with Crippen LogP contribution < -0.4 is 15.8 Å². The van der Waals surface area contributed by atoms with Crippen molar-refractivity contribution in [3.05, 3.63) is 52.1 Å². The Balaban J connectivity index is 1.98. The third kappa shape index (κ3) is 4.07. The first-order valence-corrected chi connectivity index (χ1v) is 6.37. The first kappa shape index (κ1) is 14.6. The molecule has 7 nitrogen and oxygen atoms in total. The predicted molar refractivity (Wildman–Crippen MR) is 80.5 cm³/mol. The molecule has 2 aromatic rings.